The first-order valence-electron chi connectivity index (χ1n) is 4.04. The van der Waals surface area contributed by atoms with E-state index in [0.717, 1.165) is 6.07 Å². The minimum Gasteiger partial charge on any atom is -0.464 e. The molecule has 0 unspecified atom stereocenters. The molecule has 0 bridgehead atoms. The predicted octanol–water partition coefficient (Wildman–Crippen LogP) is 1.26. The smallest absolute Gasteiger partial charge is 0.354 e. The van der Waals surface area contributed by atoms with Crippen molar-refractivity contribution in [1.29, 1.82) is 0 Å². The summed E-state index contributed by atoms with van der Waals surface area (Å²) in [6.07, 6.45) is -1.90. The fourth-order valence-electron chi connectivity index (χ4n) is 1.13. The summed E-state index contributed by atoms with van der Waals surface area (Å²) < 4.78 is 29.8. The maximum Gasteiger partial charge on any atom is 0.354 e. The van der Waals surface area contributed by atoms with Crippen LogP contribution in [0.4, 0.5) is 8.78 Å². The highest BCUT2D eigenvalue weighted by Gasteiger charge is 2.22. The second kappa shape index (κ2) is 4.20. The highest BCUT2D eigenvalue weighted by atomic mass is 19.3. The molecule has 0 amide bonds. The molecule has 6 heteroatoms. The molecule has 4 nitrogen and oxygen atoms in total. The Balaban J connectivity index is 3.06. The van der Waals surface area contributed by atoms with Gasteiger partial charge in [0.1, 0.15) is 5.69 Å². The second-order valence-corrected chi connectivity index (χ2v) is 2.88. The fourth-order valence-corrected chi connectivity index (χ4v) is 1.13. The number of aromatic nitrogens is 1. The van der Waals surface area contributed by atoms with E-state index in [0.29, 0.717) is 0 Å². The van der Waals surface area contributed by atoms with Crippen LogP contribution in [0.15, 0.2) is 12.3 Å². The Morgan fingerprint density at radius 1 is 1.47 bits per heavy atom. The Morgan fingerprint density at radius 3 is 2.53 bits per heavy atom. The quantitative estimate of drug-likeness (QED) is 0.565. The van der Waals surface area contributed by atoms with Crippen molar-refractivity contribution < 1.29 is 23.1 Å². The first kappa shape index (κ1) is 11.4. The molecule has 0 saturated heterocycles. The minimum absolute atomic E-state index is 0.0569. The van der Waals surface area contributed by atoms with E-state index < -0.39 is 18.2 Å². The number of ketones is 1. The molecular weight excluding hydrogens is 208 g/mol. The van der Waals surface area contributed by atoms with E-state index in [9.17, 15) is 18.4 Å². The van der Waals surface area contributed by atoms with E-state index in [1.807, 2.05) is 0 Å². The zero-order chi connectivity index (χ0) is 11.6. The largest absolute Gasteiger partial charge is 0.464 e. The summed E-state index contributed by atoms with van der Waals surface area (Å²) in [5, 5.41) is 0. The Bertz CT molecular complexity index is 398. The number of alkyl halides is 2. The van der Waals surface area contributed by atoms with Crippen LogP contribution in [0.1, 0.15) is 20.8 Å². The number of methoxy groups -OCH3 is 1. The van der Waals surface area contributed by atoms with Gasteiger partial charge in [-0.25, -0.2) is 13.6 Å². The lowest BCUT2D eigenvalue weighted by Gasteiger charge is -1.98. The van der Waals surface area contributed by atoms with Crippen molar-refractivity contribution >= 4 is 11.8 Å². The molecule has 82 valence electrons. The Labute approximate surface area is 84.4 Å². The summed E-state index contributed by atoms with van der Waals surface area (Å²) in [6, 6.07) is 1.08. The number of carbonyl (C=O) groups excluding carboxylic acids is 2. The summed E-state index contributed by atoms with van der Waals surface area (Å²) in [5.41, 5.74) is -0.144. The molecule has 1 aromatic heterocycles. The van der Waals surface area contributed by atoms with Crippen LogP contribution in [0.3, 0.4) is 0 Å². The maximum absolute atomic E-state index is 12.1. The number of hydrogen-bond acceptors (Lipinski definition) is 3. The molecule has 1 aromatic rings. The van der Waals surface area contributed by atoms with Gasteiger partial charge in [0.2, 0.25) is 5.78 Å². The van der Waals surface area contributed by atoms with Crippen LogP contribution < -0.4 is 0 Å². The Morgan fingerprint density at radius 2 is 2.07 bits per heavy atom. The lowest BCUT2D eigenvalue weighted by atomic mass is 10.2. The predicted molar refractivity (Wildman–Crippen MR) is 47.1 cm³/mol. The molecule has 0 aliphatic carbocycles. The van der Waals surface area contributed by atoms with Gasteiger partial charge in [-0.15, -0.1) is 0 Å². The van der Waals surface area contributed by atoms with Crippen LogP contribution >= 0.6 is 0 Å². The molecule has 0 spiro atoms. The van der Waals surface area contributed by atoms with E-state index in [-0.39, 0.29) is 11.3 Å². The first-order valence-corrected chi connectivity index (χ1v) is 4.04. The second-order valence-electron chi connectivity index (χ2n) is 2.88. The van der Waals surface area contributed by atoms with Crippen molar-refractivity contribution in [2.45, 2.75) is 6.43 Å². The number of aryl methyl sites for hydroxylation is 1. The fraction of sp³-hybridized carbons (Fsp3) is 0.333. The Kier molecular flexibility index (Phi) is 3.18. The third-order valence-electron chi connectivity index (χ3n) is 1.88. The lowest BCUT2D eigenvalue weighted by molar-refractivity contribution is 0.0590. The van der Waals surface area contributed by atoms with Crippen molar-refractivity contribution in [3.05, 3.63) is 23.5 Å². The van der Waals surface area contributed by atoms with Crippen molar-refractivity contribution in [1.82, 2.24) is 4.57 Å². The standard InChI is InChI=1S/C9H9F2NO3/c1-12-4-5(7(13)8(10)11)3-6(12)9(14)15-2/h3-4,8H,1-2H3. The SMILES string of the molecule is COC(=O)c1cc(C(=O)C(F)F)cn1C. The first-order chi connectivity index (χ1) is 6.97. The van der Waals surface area contributed by atoms with Crippen LogP contribution in [-0.2, 0) is 11.8 Å². The summed E-state index contributed by atoms with van der Waals surface area (Å²) in [7, 11) is 2.64. The van der Waals surface area contributed by atoms with Crippen molar-refractivity contribution in [3.8, 4) is 0 Å². The van der Waals surface area contributed by atoms with Gasteiger partial charge in [0, 0.05) is 18.8 Å². The van der Waals surface area contributed by atoms with Gasteiger partial charge in [-0.1, -0.05) is 0 Å². The van der Waals surface area contributed by atoms with Crippen LogP contribution in [0.25, 0.3) is 0 Å². The molecule has 1 heterocycles. The normalized spacial score (nSPS) is 10.5. The summed E-state index contributed by atoms with van der Waals surface area (Å²) in [6.45, 7) is 0. The van der Waals surface area contributed by atoms with Crippen molar-refractivity contribution in [2.75, 3.05) is 7.11 Å². The van der Waals surface area contributed by atoms with E-state index >= 15 is 0 Å². The molecule has 0 saturated carbocycles. The molecule has 1 rings (SSSR count). The minimum atomic E-state index is -3.07. The maximum atomic E-state index is 12.1. The monoisotopic (exact) mass is 217 g/mol. The summed E-state index contributed by atoms with van der Waals surface area (Å²) in [5.74, 6) is -1.98. The molecule has 0 radical (unpaired) electrons. The van der Waals surface area contributed by atoms with Gasteiger partial charge >= 0.3 is 12.4 Å². The van der Waals surface area contributed by atoms with Crippen molar-refractivity contribution in [2.24, 2.45) is 7.05 Å². The highest BCUT2D eigenvalue weighted by Crippen LogP contribution is 2.12. The number of rotatable bonds is 3. The van der Waals surface area contributed by atoms with Gasteiger partial charge in [0.15, 0.2) is 0 Å². The van der Waals surface area contributed by atoms with Crippen molar-refractivity contribution in [3.63, 3.8) is 0 Å². The number of esters is 1. The average Bonchev–Trinajstić information content (AvgIpc) is 2.57. The molecule has 0 aromatic carbocycles. The average molecular weight is 217 g/mol. The van der Waals surface area contributed by atoms with Gasteiger partial charge in [0.25, 0.3) is 0 Å². The third kappa shape index (κ3) is 2.20. The number of nitrogens with zero attached hydrogens (tertiary/aromatic N) is 1. The highest BCUT2D eigenvalue weighted by molar-refractivity contribution is 6.00. The van der Waals surface area contributed by atoms with Crippen LogP contribution in [0.2, 0.25) is 0 Å². The topological polar surface area (TPSA) is 48.3 Å². The van der Waals surface area contributed by atoms with Crippen LogP contribution in [-0.4, -0.2) is 29.9 Å². The van der Waals surface area contributed by atoms with Gasteiger partial charge in [-0.3, -0.25) is 4.79 Å². The van der Waals surface area contributed by atoms with Crippen LogP contribution in [0.5, 0.6) is 0 Å². The molecular formula is C9H9F2NO3. The van der Waals surface area contributed by atoms with Gasteiger partial charge in [-0.2, -0.15) is 0 Å². The van der Waals surface area contributed by atoms with E-state index in [4.69, 9.17) is 0 Å². The van der Waals surface area contributed by atoms with Gasteiger partial charge in [0.05, 0.1) is 7.11 Å². The van der Waals surface area contributed by atoms with Gasteiger partial charge < -0.3 is 9.30 Å². The molecule has 0 atom stereocenters. The molecule has 0 aliphatic heterocycles. The zero-order valence-electron chi connectivity index (χ0n) is 8.16. The van der Waals surface area contributed by atoms with E-state index in [1.54, 1.807) is 0 Å². The van der Waals surface area contributed by atoms with Crippen LogP contribution in [0, 0.1) is 0 Å². The molecule has 0 fully saturated rings. The number of Topliss-reactive ketones (excluding diaryl/α,β-unsaturated/α-hetero) is 1. The molecule has 15 heavy (non-hydrogen) atoms. The van der Waals surface area contributed by atoms with E-state index in [1.165, 1.54) is 24.9 Å². The number of hydrogen-bond donors (Lipinski definition) is 0. The summed E-state index contributed by atoms with van der Waals surface area (Å²) in [4.78, 5) is 22.0. The van der Waals surface area contributed by atoms with Gasteiger partial charge in [-0.05, 0) is 6.07 Å². The number of halogens is 2. The molecule has 0 N–H and O–H groups in total. The van der Waals surface area contributed by atoms with E-state index in [2.05, 4.69) is 4.74 Å². The molecule has 0 aliphatic rings. The Hall–Kier alpha value is -1.72. The third-order valence-corrected chi connectivity index (χ3v) is 1.88. The zero-order valence-corrected chi connectivity index (χ0v) is 8.16. The lowest BCUT2D eigenvalue weighted by Crippen LogP contribution is -2.09. The summed E-state index contributed by atoms with van der Waals surface area (Å²) >= 11 is 0. The number of carbonyl (C=O) groups is 2. The number of ether oxygens (including phenoxy) is 1.